The second kappa shape index (κ2) is 12.8. The molecule has 3 aromatic carbocycles. The first-order chi connectivity index (χ1) is 18.1. The van der Waals surface area contributed by atoms with E-state index in [0.717, 1.165) is 9.87 Å². The van der Waals surface area contributed by atoms with Crippen molar-refractivity contribution in [3.63, 3.8) is 0 Å². The number of nitrogens with one attached hydrogen (secondary N) is 1. The lowest BCUT2D eigenvalue weighted by atomic mass is 10.1. The van der Waals surface area contributed by atoms with Crippen LogP contribution in [0.4, 0.5) is 5.69 Å². The summed E-state index contributed by atoms with van der Waals surface area (Å²) >= 11 is 6.15. The molecule has 0 bridgehead atoms. The smallest absolute Gasteiger partial charge is 0.264 e. The van der Waals surface area contributed by atoms with E-state index in [9.17, 15) is 18.0 Å². The highest BCUT2D eigenvalue weighted by molar-refractivity contribution is 7.92. The predicted molar refractivity (Wildman–Crippen MR) is 149 cm³/mol. The minimum atomic E-state index is -4.18. The van der Waals surface area contributed by atoms with E-state index in [4.69, 9.17) is 16.3 Å². The molecule has 1 N–H and O–H groups in total. The molecule has 8 nitrogen and oxygen atoms in total. The molecular formula is C28H32ClN3O5S. The van der Waals surface area contributed by atoms with Gasteiger partial charge in [-0.1, -0.05) is 53.6 Å². The maximum Gasteiger partial charge on any atom is 0.264 e. The molecule has 0 radical (unpaired) electrons. The van der Waals surface area contributed by atoms with Crippen LogP contribution in [0.15, 0.2) is 77.7 Å². The summed E-state index contributed by atoms with van der Waals surface area (Å²) in [5.41, 5.74) is 1.80. The van der Waals surface area contributed by atoms with Gasteiger partial charge in [-0.25, -0.2) is 8.42 Å². The van der Waals surface area contributed by atoms with Gasteiger partial charge in [0.15, 0.2) is 0 Å². The number of hydrogen-bond donors (Lipinski definition) is 1. The highest BCUT2D eigenvalue weighted by Crippen LogP contribution is 2.32. The quantitative estimate of drug-likeness (QED) is 0.377. The Morgan fingerprint density at radius 3 is 2.34 bits per heavy atom. The highest BCUT2D eigenvalue weighted by atomic mass is 35.5. The summed E-state index contributed by atoms with van der Waals surface area (Å²) in [6.07, 6.45) is 0. The van der Waals surface area contributed by atoms with E-state index in [1.165, 1.54) is 24.1 Å². The lowest BCUT2D eigenvalue weighted by Gasteiger charge is -2.32. The number of para-hydroxylation sites is 2. The summed E-state index contributed by atoms with van der Waals surface area (Å²) in [4.78, 5) is 28.0. The van der Waals surface area contributed by atoms with E-state index in [1.807, 2.05) is 6.92 Å². The molecule has 3 rings (SSSR count). The van der Waals surface area contributed by atoms with Crippen LogP contribution in [0.5, 0.6) is 5.75 Å². The standard InChI is InChI=1S/C28H32ClN3O5S/c1-5-30-28(34)21(3)31(18-22-9-8-10-23(29)17-22)27(33)19-32(25-11-6-7-12-26(25)37-4)38(35,36)24-15-13-20(2)14-16-24/h6-17,21H,5,18-19H2,1-4H3,(H,30,34). The molecule has 1 atom stereocenters. The Balaban J connectivity index is 2.07. The molecule has 10 heteroatoms. The molecule has 0 aromatic heterocycles. The first kappa shape index (κ1) is 29.0. The number of nitrogens with zero attached hydrogens (tertiary/aromatic N) is 2. The Bertz CT molecular complexity index is 1380. The molecule has 0 saturated carbocycles. The Hall–Kier alpha value is -3.56. The van der Waals surface area contributed by atoms with Gasteiger partial charge in [-0.05, 0) is 62.7 Å². The average molecular weight is 558 g/mol. The number of methoxy groups -OCH3 is 1. The van der Waals surface area contributed by atoms with Crippen LogP contribution in [0.1, 0.15) is 25.0 Å². The average Bonchev–Trinajstić information content (AvgIpc) is 2.90. The summed E-state index contributed by atoms with van der Waals surface area (Å²) < 4.78 is 34.2. The predicted octanol–water partition coefficient (Wildman–Crippen LogP) is 4.41. The van der Waals surface area contributed by atoms with Crippen molar-refractivity contribution in [3.05, 3.63) is 88.9 Å². The third-order valence-electron chi connectivity index (χ3n) is 6.00. The Morgan fingerprint density at radius 1 is 1.03 bits per heavy atom. The number of hydrogen-bond acceptors (Lipinski definition) is 5. The number of benzene rings is 3. The van der Waals surface area contributed by atoms with Crippen LogP contribution in [0, 0.1) is 6.92 Å². The second-order valence-electron chi connectivity index (χ2n) is 8.72. The van der Waals surface area contributed by atoms with Crippen molar-refractivity contribution in [3.8, 4) is 5.75 Å². The lowest BCUT2D eigenvalue weighted by Crippen LogP contribution is -2.51. The van der Waals surface area contributed by atoms with Gasteiger partial charge in [0.2, 0.25) is 11.8 Å². The Labute approximate surface area is 229 Å². The number of halogens is 1. The molecule has 0 spiro atoms. The summed E-state index contributed by atoms with van der Waals surface area (Å²) in [6, 6.07) is 19.0. The molecular weight excluding hydrogens is 526 g/mol. The van der Waals surface area contributed by atoms with E-state index >= 15 is 0 Å². The minimum Gasteiger partial charge on any atom is -0.495 e. The number of rotatable bonds is 11. The van der Waals surface area contributed by atoms with Gasteiger partial charge in [-0.3, -0.25) is 13.9 Å². The van der Waals surface area contributed by atoms with E-state index in [-0.39, 0.29) is 28.8 Å². The topological polar surface area (TPSA) is 96.0 Å². The Morgan fingerprint density at radius 2 is 1.71 bits per heavy atom. The summed E-state index contributed by atoms with van der Waals surface area (Å²) in [7, 11) is -2.75. The summed E-state index contributed by atoms with van der Waals surface area (Å²) in [6.45, 7) is 5.13. The van der Waals surface area contributed by atoms with E-state index in [1.54, 1.807) is 74.5 Å². The maximum absolute atomic E-state index is 13.9. The van der Waals surface area contributed by atoms with Crippen molar-refractivity contribution in [2.24, 2.45) is 0 Å². The number of aryl methyl sites for hydroxylation is 1. The van der Waals surface area contributed by atoms with Crippen LogP contribution in [0.3, 0.4) is 0 Å². The third-order valence-corrected chi connectivity index (χ3v) is 8.01. The molecule has 0 aliphatic rings. The van der Waals surface area contributed by atoms with Gasteiger partial charge in [0.1, 0.15) is 18.3 Å². The highest BCUT2D eigenvalue weighted by Gasteiger charge is 2.33. The maximum atomic E-state index is 13.9. The van der Waals surface area contributed by atoms with Gasteiger partial charge >= 0.3 is 0 Å². The van der Waals surface area contributed by atoms with Crippen LogP contribution in [-0.4, -0.2) is 51.4 Å². The number of sulfonamides is 1. The van der Waals surface area contributed by atoms with Crippen LogP contribution in [0.25, 0.3) is 0 Å². The van der Waals surface area contributed by atoms with Crippen molar-refractivity contribution in [1.82, 2.24) is 10.2 Å². The zero-order chi connectivity index (χ0) is 27.9. The van der Waals surface area contributed by atoms with Gasteiger partial charge in [-0.15, -0.1) is 0 Å². The molecule has 2 amide bonds. The molecule has 202 valence electrons. The first-order valence-electron chi connectivity index (χ1n) is 12.1. The van der Waals surface area contributed by atoms with Crippen molar-refractivity contribution in [2.75, 3.05) is 24.5 Å². The van der Waals surface area contributed by atoms with Crippen molar-refractivity contribution >= 4 is 39.1 Å². The molecule has 3 aromatic rings. The lowest BCUT2D eigenvalue weighted by molar-refractivity contribution is -0.139. The fourth-order valence-electron chi connectivity index (χ4n) is 3.92. The van der Waals surface area contributed by atoms with Gasteiger partial charge in [0.25, 0.3) is 10.0 Å². The summed E-state index contributed by atoms with van der Waals surface area (Å²) in [5, 5.41) is 3.22. The van der Waals surface area contributed by atoms with E-state index in [2.05, 4.69) is 5.32 Å². The molecule has 0 heterocycles. The van der Waals surface area contributed by atoms with Crippen molar-refractivity contribution in [1.29, 1.82) is 0 Å². The van der Waals surface area contributed by atoms with Crippen molar-refractivity contribution < 1.29 is 22.7 Å². The van der Waals surface area contributed by atoms with Gasteiger partial charge in [0.05, 0.1) is 17.7 Å². The molecule has 0 aliphatic carbocycles. The van der Waals surface area contributed by atoms with Crippen molar-refractivity contribution in [2.45, 2.75) is 38.3 Å². The zero-order valence-electron chi connectivity index (χ0n) is 21.8. The molecule has 0 saturated heterocycles. The normalized spacial score (nSPS) is 11.9. The van der Waals surface area contributed by atoms with Gasteiger partial charge in [0, 0.05) is 18.1 Å². The van der Waals surface area contributed by atoms with Gasteiger partial charge in [-0.2, -0.15) is 0 Å². The summed E-state index contributed by atoms with van der Waals surface area (Å²) in [5.74, 6) is -0.632. The van der Waals surface area contributed by atoms with Crippen LogP contribution in [-0.2, 0) is 26.2 Å². The molecule has 0 fully saturated rings. The van der Waals surface area contributed by atoms with Crippen LogP contribution >= 0.6 is 11.6 Å². The minimum absolute atomic E-state index is 0.0278. The number of amides is 2. The number of carbonyl (C=O) groups is 2. The van der Waals surface area contributed by atoms with Crippen LogP contribution in [0.2, 0.25) is 5.02 Å². The van der Waals surface area contributed by atoms with E-state index in [0.29, 0.717) is 17.1 Å². The monoisotopic (exact) mass is 557 g/mol. The third kappa shape index (κ3) is 6.85. The second-order valence-corrected chi connectivity index (χ2v) is 11.0. The molecule has 38 heavy (non-hydrogen) atoms. The Kier molecular flexibility index (Phi) is 9.77. The number of carbonyl (C=O) groups excluding carboxylic acids is 2. The largest absolute Gasteiger partial charge is 0.495 e. The number of anilines is 1. The fraction of sp³-hybridized carbons (Fsp3) is 0.286. The fourth-order valence-corrected chi connectivity index (χ4v) is 5.56. The van der Waals surface area contributed by atoms with E-state index < -0.39 is 28.5 Å². The number of ether oxygens (including phenoxy) is 1. The zero-order valence-corrected chi connectivity index (χ0v) is 23.4. The molecule has 0 aliphatic heterocycles. The number of likely N-dealkylation sites (N-methyl/N-ethyl adjacent to an activating group) is 1. The van der Waals surface area contributed by atoms with Crippen LogP contribution < -0.4 is 14.4 Å². The SMILES string of the molecule is CCNC(=O)C(C)N(Cc1cccc(Cl)c1)C(=O)CN(c1ccccc1OC)S(=O)(=O)c1ccc(C)cc1. The van der Waals surface area contributed by atoms with Gasteiger partial charge < -0.3 is 15.0 Å². The molecule has 1 unspecified atom stereocenters. The first-order valence-corrected chi connectivity index (χ1v) is 13.9.